The number of primary amides is 1. The lowest BCUT2D eigenvalue weighted by molar-refractivity contribution is -0.130. The Bertz CT molecular complexity index is 676. The predicted molar refractivity (Wildman–Crippen MR) is 95.5 cm³/mol. The smallest absolute Gasteiger partial charge is 0.410 e. The molecule has 1 aliphatic rings. The number of nitrogens with two attached hydrogens (primary N) is 1. The molecule has 0 aliphatic carbocycles. The zero-order valence-electron chi connectivity index (χ0n) is 14.5. The maximum atomic E-state index is 12.3. The van der Waals surface area contributed by atoms with Crippen LogP contribution in [0.5, 0.6) is 0 Å². The zero-order chi connectivity index (χ0) is 18.9. The highest BCUT2D eigenvalue weighted by molar-refractivity contribution is 5.87. The van der Waals surface area contributed by atoms with Gasteiger partial charge in [-0.2, -0.15) is 0 Å². The van der Waals surface area contributed by atoms with Gasteiger partial charge in [0.2, 0.25) is 11.8 Å². The van der Waals surface area contributed by atoms with E-state index in [9.17, 15) is 14.4 Å². The van der Waals surface area contributed by atoms with E-state index in [-0.39, 0.29) is 24.9 Å². The summed E-state index contributed by atoms with van der Waals surface area (Å²) in [7, 11) is 0. The third-order valence-electron chi connectivity index (χ3n) is 4.31. The molecule has 0 bridgehead atoms. The number of hydrogen-bond acceptors (Lipinski definition) is 4. The van der Waals surface area contributed by atoms with Gasteiger partial charge in [0.05, 0.1) is 0 Å². The van der Waals surface area contributed by atoms with Gasteiger partial charge >= 0.3 is 6.09 Å². The lowest BCUT2D eigenvalue weighted by Gasteiger charge is -2.31. The Balaban J connectivity index is 1.77. The van der Waals surface area contributed by atoms with Gasteiger partial charge in [0.15, 0.2) is 0 Å². The van der Waals surface area contributed by atoms with Gasteiger partial charge in [-0.3, -0.25) is 9.59 Å². The van der Waals surface area contributed by atoms with E-state index in [1.807, 2.05) is 30.3 Å². The Hall–Kier alpha value is -3.01. The van der Waals surface area contributed by atoms with Crippen LogP contribution in [0.25, 0.3) is 0 Å². The third kappa shape index (κ3) is 5.52. The Morgan fingerprint density at radius 2 is 1.92 bits per heavy atom. The van der Waals surface area contributed by atoms with Crippen LogP contribution in [0.15, 0.2) is 30.3 Å². The van der Waals surface area contributed by atoms with E-state index in [2.05, 4.69) is 11.2 Å². The molecule has 1 aromatic carbocycles. The lowest BCUT2D eigenvalue weighted by atomic mass is 9.95. The number of likely N-dealkylation sites (tertiary alicyclic amines) is 1. The van der Waals surface area contributed by atoms with Crippen LogP contribution < -0.4 is 11.1 Å². The zero-order valence-corrected chi connectivity index (χ0v) is 14.5. The van der Waals surface area contributed by atoms with Gasteiger partial charge in [-0.15, -0.1) is 12.3 Å². The quantitative estimate of drug-likeness (QED) is 0.742. The van der Waals surface area contributed by atoms with Crippen molar-refractivity contribution in [3.63, 3.8) is 0 Å². The maximum absolute atomic E-state index is 12.3. The molecular weight excluding hydrogens is 334 g/mol. The van der Waals surface area contributed by atoms with Gasteiger partial charge in [0.1, 0.15) is 12.6 Å². The van der Waals surface area contributed by atoms with Crippen molar-refractivity contribution in [1.29, 1.82) is 0 Å². The van der Waals surface area contributed by atoms with Crippen molar-refractivity contribution in [3.05, 3.63) is 35.9 Å². The Kier molecular flexibility index (Phi) is 7.03. The van der Waals surface area contributed by atoms with E-state index in [0.29, 0.717) is 25.9 Å². The number of rotatable bonds is 6. The second-order valence-electron chi connectivity index (χ2n) is 6.17. The van der Waals surface area contributed by atoms with Crippen LogP contribution in [0.3, 0.4) is 0 Å². The maximum Gasteiger partial charge on any atom is 0.410 e. The van der Waals surface area contributed by atoms with Crippen LogP contribution in [-0.4, -0.2) is 41.9 Å². The Morgan fingerprint density at radius 3 is 2.50 bits per heavy atom. The van der Waals surface area contributed by atoms with Crippen LogP contribution >= 0.6 is 0 Å². The lowest BCUT2D eigenvalue weighted by Crippen LogP contribution is -2.49. The normalized spacial score (nSPS) is 15.6. The average Bonchev–Trinajstić information content (AvgIpc) is 2.66. The fourth-order valence-electron chi connectivity index (χ4n) is 2.77. The van der Waals surface area contributed by atoms with Crippen molar-refractivity contribution in [1.82, 2.24) is 10.2 Å². The number of hydrogen-bond donors (Lipinski definition) is 2. The average molecular weight is 357 g/mol. The number of ether oxygens (including phenoxy) is 1. The summed E-state index contributed by atoms with van der Waals surface area (Å²) in [5.41, 5.74) is 6.14. The summed E-state index contributed by atoms with van der Waals surface area (Å²) in [6.07, 6.45) is 5.83. The number of terminal acetylenes is 1. The number of carbonyl (C=O) groups excluding carboxylic acids is 3. The number of carbonyl (C=O) groups is 3. The van der Waals surface area contributed by atoms with E-state index in [0.717, 1.165) is 5.56 Å². The molecule has 0 aromatic heterocycles. The molecule has 1 aromatic rings. The molecule has 1 heterocycles. The fraction of sp³-hybridized carbons (Fsp3) is 0.421. The van der Waals surface area contributed by atoms with E-state index < -0.39 is 18.0 Å². The highest BCUT2D eigenvalue weighted by Gasteiger charge is 2.29. The van der Waals surface area contributed by atoms with Crippen LogP contribution in [0.2, 0.25) is 0 Å². The first-order valence-electron chi connectivity index (χ1n) is 8.50. The number of nitrogens with zero attached hydrogens (tertiary/aromatic N) is 1. The van der Waals surface area contributed by atoms with Crippen molar-refractivity contribution >= 4 is 17.9 Å². The Labute approximate surface area is 152 Å². The van der Waals surface area contributed by atoms with Gasteiger partial charge in [-0.05, 0) is 18.4 Å². The summed E-state index contributed by atoms with van der Waals surface area (Å²) in [6.45, 7) is 1.05. The summed E-state index contributed by atoms with van der Waals surface area (Å²) in [4.78, 5) is 37.2. The van der Waals surface area contributed by atoms with Crippen molar-refractivity contribution < 1.29 is 19.1 Å². The van der Waals surface area contributed by atoms with Crippen LogP contribution in [0.1, 0.15) is 24.8 Å². The first kappa shape index (κ1) is 19.3. The molecule has 0 saturated carbocycles. The van der Waals surface area contributed by atoms with Gasteiger partial charge in [0, 0.05) is 25.4 Å². The minimum Gasteiger partial charge on any atom is -0.445 e. The van der Waals surface area contributed by atoms with Gasteiger partial charge in [-0.25, -0.2) is 4.79 Å². The molecule has 3 N–H and O–H groups in total. The van der Waals surface area contributed by atoms with Gasteiger partial charge in [0.25, 0.3) is 0 Å². The summed E-state index contributed by atoms with van der Waals surface area (Å²) in [5, 5.41) is 2.59. The monoisotopic (exact) mass is 357 g/mol. The molecule has 1 fully saturated rings. The van der Waals surface area contributed by atoms with Crippen molar-refractivity contribution in [2.75, 3.05) is 13.1 Å². The van der Waals surface area contributed by atoms with Crippen LogP contribution in [-0.2, 0) is 20.9 Å². The molecule has 1 unspecified atom stereocenters. The van der Waals surface area contributed by atoms with Crippen molar-refractivity contribution in [3.8, 4) is 12.3 Å². The molecule has 1 aliphatic heterocycles. The van der Waals surface area contributed by atoms with Crippen LogP contribution in [0, 0.1) is 18.3 Å². The fourth-order valence-corrected chi connectivity index (χ4v) is 2.77. The summed E-state index contributed by atoms with van der Waals surface area (Å²) >= 11 is 0. The topological polar surface area (TPSA) is 102 Å². The highest BCUT2D eigenvalue weighted by Crippen LogP contribution is 2.18. The molecule has 7 heteroatoms. The third-order valence-corrected chi connectivity index (χ3v) is 4.31. The van der Waals surface area contributed by atoms with E-state index in [4.69, 9.17) is 16.9 Å². The molecule has 26 heavy (non-hydrogen) atoms. The second-order valence-corrected chi connectivity index (χ2v) is 6.17. The van der Waals surface area contributed by atoms with Crippen molar-refractivity contribution in [2.45, 2.75) is 31.9 Å². The minimum absolute atomic E-state index is 0.0612. The standard InChI is InChI=1S/C19H23N3O4/c1-2-6-16(17(20)23)21-18(24)15-9-11-22(12-10-15)19(25)26-13-14-7-4-3-5-8-14/h1,3-5,7-8,15-16H,6,9-13H2,(H2,20,23)(H,21,24). The second kappa shape index (κ2) is 9.47. The molecule has 0 spiro atoms. The SMILES string of the molecule is C#CCC(NC(=O)C1CCN(C(=O)OCc2ccccc2)CC1)C(N)=O. The Morgan fingerprint density at radius 1 is 1.27 bits per heavy atom. The molecule has 1 atom stereocenters. The molecule has 2 rings (SSSR count). The number of benzene rings is 1. The molecule has 138 valence electrons. The number of amides is 3. The van der Waals surface area contributed by atoms with Gasteiger partial charge in [-0.1, -0.05) is 30.3 Å². The molecule has 0 radical (unpaired) electrons. The molecule has 3 amide bonds. The molecule has 1 saturated heterocycles. The van der Waals surface area contributed by atoms with Crippen LogP contribution in [0.4, 0.5) is 4.79 Å². The number of piperidine rings is 1. The summed E-state index contributed by atoms with van der Waals surface area (Å²) in [5.74, 6) is 1.12. The first-order valence-corrected chi connectivity index (χ1v) is 8.50. The van der Waals surface area contributed by atoms with E-state index >= 15 is 0 Å². The van der Waals surface area contributed by atoms with E-state index in [1.54, 1.807) is 4.90 Å². The molecular formula is C19H23N3O4. The largest absolute Gasteiger partial charge is 0.445 e. The van der Waals surface area contributed by atoms with Gasteiger partial charge < -0.3 is 20.7 Å². The minimum atomic E-state index is -0.860. The number of nitrogens with one attached hydrogen (secondary N) is 1. The highest BCUT2D eigenvalue weighted by atomic mass is 16.6. The molecule has 7 nitrogen and oxygen atoms in total. The summed E-state index contributed by atoms with van der Waals surface area (Å²) in [6, 6.07) is 8.57. The predicted octanol–water partition coefficient (Wildman–Crippen LogP) is 1.03. The van der Waals surface area contributed by atoms with Crippen molar-refractivity contribution in [2.24, 2.45) is 11.7 Å². The van der Waals surface area contributed by atoms with E-state index in [1.165, 1.54) is 0 Å². The summed E-state index contributed by atoms with van der Waals surface area (Å²) < 4.78 is 5.29. The first-order chi connectivity index (χ1) is 12.5.